The first-order valence-electron chi connectivity index (χ1n) is 5.84. The maximum Gasteiger partial charge on any atom is 0.422 e. The minimum Gasteiger partial charge on any atom is -0.484 e. The van der Waals surface area contributed by atoms with Gasteiger partial charge in [-0.1, -0.05) is 5.21 Å². The lowest BCUT2D eigenvalue weighted by Crippen LogP contribution is -2.19. The molecule has 5 nitrogen and oxygen atoms in total. The van der Waals surface area contributed by atoms with Crippen molar-refractivity contribution in [2.45, 2.75) is 12.7 Å². The molecule has 20 heavy (non-hydrogen) atoms. The number of benzene rings is 1. The van der Waals surface area contributed by atoms with Gasteiger partial charge in [-0.05, 0) is 31.3 Å². The molecule has 0 saturated carbocycles. The second-order valence-electron chi connectivity index (χ2n) is 4.07. The molecule has 2 aromatic rings. The number of alkyl halides is 3. The Labute approximate surface area is 113 Å². The van der Waals surface area contributed by atoms with E-state index in [0.717, 1.165) is 5.69 Å². The summed E-state index contributed by atoms with van der Waals surface area (Å²) in [6.45, 7) is -0.722. The van der Waals surface area contributed by atoms with Crippen LogP contribution < -0.4 is 10.1 Å². The third kappa shape index (κ3) is 3.70. The van der Waals surface area contributed by atoms with Gasteiger partial charge in [-0.3, -0.25) is 0 Å². The van der Waals surface area contributed by atoms with Crippen LogP contribution in [0.15, 0.2) is 30.5 Å². The Bertz CT molecular complexity index is 551. The molecule has 1 heterocycles. The van der Waals surface area contributed by atoms with E-state index in [1.165, 1.54) is 12.1 Å². The van der Waals surface area contributed by atoms with Crippen LogP contribution in [-0.4, -0.2) is 34.8 Å². The normalized spacial score (nSPS) is 11.6. The molecule has 0 aliphatic rings. The molecular weight excluding hydrogens is 273 g/mol. The quantitative estimate of drug-likeness (QED) is 0.912. The van der Waals surface area contributed by atoms with Gasteiger partial charge in [0, 0.05) is 6.54 Å². The zero-order valence-electron chi connectivity index (χ0n) is 10.7. The number of ether oxygens (including phenoxy) is 1. The van der Waals surface area contributed by atoms with Crippen molar-refractivity contribution in [1.82, 2.24) is 20.3 Å². The number of aromatic nitrogens is 3. The molecule has 0 amide bonds. The van der Waals surface area contributed by atoms with Crippen LogP contribution in [0, 0.1) is 0 Å². The highest BCUT2D eigenvalue weighted by molar-refractivity contribution is 5.37. The van der Waals surface area contributed by atoms with Crippen molar-refractivity contribution in [1.29, 1.82) is 0 Å². The summed E-state index contributed by atoms with van der Waals surface area (Å²) in [5.74, 6) is 0.154. The molecule has 0 radical (unpaired) electrons. The molecule has 0 aliphatic carbocycles. The van der Waals surface area contributed by atoms with Crippen LogP contribution in [0.1, 0.15) is 5.69 Å². The fourth-order valence-corrected chi connectivity index (χ4v) is 1.62. The molecule has 8 heteroatoms. The summed E-state index contributed by atoms with van der Waals surface area (Å²) in [5.41, 5.74) is 1.54. The fourth-order valence-electron chi connectivity index (χ4n) is 1.62. The molecule has 2 rings (SSSR count). The second kappa shape index (κ2) is 5.91. The molecule has 1 aromatic heterocycles. The lowest BCUT2D eigenvalue weighted by molar-refractivity contribution is -0.153. The monoisotopic (exact) mass is 286 g/mol. The van der Waals surface area contributed by atoms with Gasteiger partial charge in [0.2, 0.25) is 0 Å². The van der Waals surface area contributed by atoms with E-state index in [4.69, 9.17) is 0 Å². The minimum absolute atomic E-state index is 0.154. The maximum absolute atomic E-state index is 12.0. The van der Waals surface area contributed by atoms with Gasteiger partial charge in [-0.2, -0.15) is 13.2 Å². The standard InChI is InChI=1S/C12H13F3N4O/c1-16-6-10-7-17-18-19(10)9-2-4-11(5-3-9)20-8-12(13,14)15/h2-5,7,16H,6,8H2,1H3. The van der Waals surface area contributed by atoms with Crippen molar-refractivity contribution >= 4 is 0 Å². The summed E-state index contributed by atoms with van der Waals surface area (Å²) >= 11 is 0. The average molecular weight is 286 g/mol. The lowest BCUT2D eigenvalue weighted by Gasteiger charge is -2.10. The van der Waals surface area contributed by atoms with Crippen LogP contribution in [0.2, 0.25) is 0 Å². The number of rotatable bonds is 5. The second-order valence-corrected chi connectivity index (χ2v) is 4.07. The van der Waals surface area contributed by atoms with Gasteiger partial charge >= 0.3 is 6.18 Å². The lowest BCUT2D eigenvalue weighted by atomic mass is 10.3. The zero-order chi connectivity index (χ0) is 14.6. The first-order valence-corrected chi connectivity index (χ1v) is 5.84. The van der Waals surface area contributed by atoms with E-state index in [1.807, 2.05) is 0 Å². The Morgan fingerprint density at radius 1 is 1.25 bits per heavy atom. The van der Waals surface area contributed by atoms with Crippen LogP contribution >= 0.6 is 0 Å². The third-order valence-electron chi connectivity index (χ3n) is 2.46. The number of halogens is 3. The first-order chi connectivity index (χ1) is 9.49. The summed E-state index contributed by atoms with van der Waals surface area (Å²) < 4.78 is 42.3. The van der Waals surface area contributed by atoms with Gasteiger partial charge in [0.15, 0.2) is 6.61 Å². The zero-order valence-corrected chi connectivity index (χ0v) is 10.7. The van der Waals surface area contributed by atoms with Crippen LogP contribution in [0.3, 0.4) is 0 Å². The van der Waals surface area contributed by atoms with Gasteiger partial charge in [-0.25, -0.2) is 4.68 Å². The van der Waals surface area contributed by atoms with Gasteiger partial charge in [0.05, 0.1) is 17.6 Å². The largest absolute Gasteiger partial charge is 0.484 e. The molecule has 1 N–H and O–H groups in total. The van der Waals surface area contributed by atoms with E-state index in [2.05, 4.69) is 20.4 Å². The Hall–Kier alpha value is -2.09. The summed E-state index contributed by atoms with van der Waals surface area (Å²) in [6.07, 6.45) is -2.73. The molecule has 0 aliphatic heterocycles. The van der Waals surface area contributed by atoms with Crippen molar-refractivity contribution in [3.05, 3.63) is 36.2 Å². The summed E-state index contributed by atoms with van der Waals surface area (Å²) in [4.78, 5) is 0. The van der Waals surface area contributed by atoms with Gasteiger partial charge in [0.25, 0.3) is 0 Å². The maximum atomic E-state index is 12.0. The molecule has 1 aromatic carbocycles. The van der Waals surface area contributed by atoms with Crippen LogP contribution in [0.4, 0.5) is 13.2 Å². The van der Waals surface area contributed by atoms with Crippen LogP contribution in [0.5, 0.6) is 5.75 Å². The predicted molar refractivity (Wildman–Crippen MR) is 65.7 cm³/mol. The molecule has 0 fully saturated rings. The number of hydrogen-bond donors (Lipinski definition) is 1. The van der Waals surface area contributed by atoms with Crippen molar-refractivity contribution in [2.75, 3.05) is 13.7 Å². The SMILES string of the molecule is CNCc1cnnn1-c1ccc(OCC(F)(F)F)cc1. The van der Waals surface area contributed by atoms with Gasteiger partial charge in [0.1, 0.15) is 5.75 Å². The van der Waals surface area contributed by atoms with E-state index in [1.54, 1.807) is 30.1 Å². The Morgan fingerprint density at radius 2 is 1.95 bits per heavy atom. The summed E-state index contributed by atoms with van der Waals surface area (Å²) in [5, 5.41) is 10.7. The minimum atomic E-state index is -4.34. The molecule has 0 atom stereocenters. The molecule has 0 bridgehead atoms. The van der Waals surface area contributed by atoms with E-state index in [9.17, 15) is 13.2 Å². The van der Waals surface area contributed by atoms with Crippen LogP contribution in [0.25, 0.3) is 5.69 Å². The van der Waals surface area contributed by atoms with Crippen molar-refractivity contribution in [3.63, 3.8) is 0 Å². The predicted octanol–water partition coefficient (Wildman–Crippen LogP) is 1.93. The van der Waals surface area contributed by atoms with E-state index in [-0.39, 0.29) is 5.75 Å². The Morgan fingerprint density at radius 3 is 2.55 bits per heavy atom. The molecule has 0 unspecified atom stereocenters. The molecular formula is C12H13F3N4O. The highest BCUT2D eigenvalue weighted by Crippen LogP contribution is 2.20. The third-order valence-corrected chi connectivity index (χ3v) is 2.46. The van der Waals surface area contributed by atoms with Crippen molar-refractivity contribution < 1.29 is 17.9 Å². The van der Waals surface area contributed by atoms with E-state index >= 15 is 0 Å². The highest BCUT2D eigenvalue weighted by atomic mass is 19.4. The number of hydrogen-bond acceptors (Lipinski definition) is 4. The number of nitrogens with one attached hydrogen (secondary N) is 1. The Kier molecular flexibility index (Phi) is 4.23. The topological polar surface area (TPSA) is 52.0 Å². The molecule has 0 spiro atoms. The Balaban J connectivity index is 2.09. The smallest absolute Gasteiger partial charge is 0.422 e. The fraction of sp³-hybridized carbons (Fsp3) is 0.333. The average Bonchev–Trinajstić information content (AvgIpc) is 2.85. The van der Waals surface area contributed by atoms with E-state index in [0.29, 0.717) is 12.2 Å². The summed E-state index contributed by atoms with van der Waals surface area (Å²) in [7, 11) is 1.80. The van der Waals surface area contributed by atoms with Crippen molar-refractivity contribution in [3.8, 4) is 11.4 Å². The summed E-state index contributed by atoms with van der Waals surface area (Å²) in [6, 6.07) is 6.18. The number of nitrogens with zero attached hydrogens (tertiary/aromatic N) is 3. The van der Waals surface area contributed by atoms with Crippen molar-refractivity contribution in [2.24, 2.45) is 0 Å². The van der Waals surface area contributed by atoms with E-state index < -0.39 is 12.8 Å². The van der Waals surface area contributed by atoms with Gasteiger partial charge < -0.3 is 10.1 Å². The molecule has 0 saturated heterocycles. The molecule has 108 valence electrons. The highest BCUT2D eigenvalue weighted by Gasteiger charge is 2.28. The van der Waals surface area contributed by atoms with Crippen LogP contribution in [-0.2, 0) is 6.54 Å². The first kappa shape index (κ1) is 14.3. The van der Waals surface area contributed by atoms with Gasteiger partial charge in [-0.15, -0.1) is 5.10 Å².